The molecule has 2 heterocycles. The van der Waals surface area contributed by atoms with E-state index in [2.05, 4.69) is 30.0 Å². The van der Waals surface area contributed by atoms with Gasteiger partial charge in [-0.2, -0.15) is 5.10 Å². The molecule has 0 spiro atoms. The molecule has 2 aromatic rings. The third-order valence-corrected chi connectivity index (χ3v) is 4.25. The van der Waals surface area contributed by atoms with Crippen LogP contribution in [0.2, 0.25) is 0 Å². The van der Waals surface area contributed by atoms with E-state index in [0.717, 1.165) is 16.2 Å². The molecule has 4 nitrogen and oxygen atoms in total. The van der Waals surface area contributed by atoms with Crippen molar-refractivity contribution in [3.05, 3.63) is 24.2 Å². The largest absolute Gasteiger partial charge is 0.392 e. The molecule has 98 valence electrons. The van der Waals surface area contributed by atoms with Crippen LogP contribution in [0.4, 0.5) is 0 Å². The molecule has 2 aromatic heterocycles. The normalized spacial score (nSPS) is 15.2. The highest BCUT2D eigenvalue weighted by atomic mass is 32.2. The summed E-state index contributed by atoms with van der Waals surface area (Å²) in [7, 11) is 0. The van der Waals surface area contributed by atoms with E-state index in [4.69, 9.17) is 0 Å². The van der Waals surface area contributed by atoms with Gasteiger partial charge in [-0.25, -0.2) is 9.50 Å². The summed E-state index contributed by atoms with van der Waals surface area (Å²) in [5, 5.41) is 15.1. The number of hydrogen-bond acceptors (Lipinski definition) is 4. The third-order valence-electron chi connectivity index (χ3n) is 2.94. The first-order valence-electron chi connectivity index (χ1n) is 6.18. The van der Waals surface area contributed by atoms with Crippen LogP contribution >= 0.6 is 11.8 Å². The van der Waals surface area contributed by atoms with Gasteiger partial charge in [-0.15, -0.1) is 0 Å². The van der Waals surface area contributed by atoms with Crippen LogP contribution in [0.15, 0.2) is 23.5 Å². The highest BCUT2D eigenvalue weighted by molar-refractivity contribution is 8.00. The molecular formula is C13H19N3OS. The number of fused-ring (bicyclic) bond motifs is 1. The van der Waals surface area contributed by atoms with Crippen molar-refractivity contribution in [3.8, 4) is 0 Å². The fourth-order valence-electron chi connectivity index (χ4n) is 1.56. The summed E-state index contributed by atoms with van der Waals surface area (Å²) < 4.78 is 1.86. The molecule has 0 aliphatic carbocycles. The maximum Gasteiger partial charge on any atom is 0.122 e. The van der Waals surface area contributed by atoms with Crippen molar-refractivity contribution >= 4 is 17.3 Å². The van der Waals surface area contributed by atoms with Gasteiger partial charge in [-0.3, -0.25) is 0 Å². The molecule has 18 heavy (non-hydrogen) atoms. The molecule has 0 aromatic carbocycles. The second-order valence-corrected chi connectivity index (χ2v) is 6.22. The summed E-state index contributed by atoms with van der Waals surface area (Å²) in [4.78, 5) is 4.39. The molecule has 0 aliphatic rings. The Labute approximate surface area is 111 Å². The van der Waals surface area contributed by atoms with Crippen molar-refractivity contribution in [2.75, 3.05) is 0 Å². The van der Waals surface area contributed by atoms with Crippen LogP contribution in [0.1, 0.15) is 39.3 Å². The summed E-state index contributed by atoms with van der Waals surface area (Å²) in [6.07, 6.45) is 3.25. The molecule has 2 rings (SSSR count). The van der Waals surface area contributed by atoms with Crippen molar-refractivity contribution in [2.45, 2.75) is 50.0 Å². The Balaban J connectivity index is 2.38. The number of hydrogen-bond donors (Lipinski definition) is 1. The molecule has 0 fully saturated rings. The van der Waals surface area contributed by atoms with Crippen LogP contribution in [0, 0.1) is 0 Å². The van der Waals surface area contributed by atoms with Gasteiger partial charge in [0.2, 0.25) is 0 Å². The second-order valence-electron chi connectivity index (χ2n) is 4.85. The van der Waals surface area contributed by atoms with Crippen molar-refractivity contribution in [3.63, 3.8) is 0 Å². The van der Waals surface area contributed by atoms with E-state index in [1.165, 1.54) is 0 Å². The smallest absolute Gasteiger partial charge is 0.122 e. The Morgan fingerprint density at radius 1 is 1.28 bits per heavy atom. The Morgan fingerprint density at radius 2 is 2.00 bits per heavy atom. The standard InChI is InChI=1S/C13H19N3OS/c1-8(2)11-7-12-13(18-10(4)9(3)17)14-5-6-16(12)15-11/h5-10,17H,1-4H3. The van der Waals surface area contributed by atoms with Gasteiger partial charge in [-0.1, -0.05) is 32.5 Å². The summed E-state index contributed by atoms with van der Waals surface area (Å²) in [6.45, 7) is 8.05. The summed E-state index contributed by atoms with van der Waals surface area (Å²) >= 11 is 1.58. The van der Waals surface area contributed by atoms with E-state index in [9.17, 15) is 5.11 Å². The maximum absolute atomic E-state index is 9.58. The van der Waals surface area contributed by atoms with Crippen LogP contribution in [0.5, 0.6) is 0 Å². The molecule has 0 aliphatic heterocycles. The Kier molecular flexibility index (Phi) is 3.92. The molecule has 2 unspecified atom stereocenters. The minimum absolute atomic E-state index is 0.112. The van der Waals surface area contributed by atoms with Gasteiger partial charge >= 0.3 is 0 Å². The SMILES string of the molecule is CC(C)c1cc2c(SC(C)C(C)O)nccn2n1. The van der Waals surface area contributed by atoms with E-state index in [0.29, 0.717) is 5.92 Å². The van der Waals surface area contributed by atoms with Crippen LogP contribution < -0.4 is 0 Å². The van der Waals surface area contributed by atoms with E-state index in [1.54, 1.807) is 24.9 Å². The molecule has 0 saturated carbocycles. The number of aliphatic hydroxyl groups is 1. The number of aliphatic hydroxyl groups excluding tert-OH is 1. The lowest BCUT2D eigenvalue weighted by Gasteiger charge is -2.13. The molecule has 2 atom stereocenters. The first-order valence-corrected chi connectivity index (χ1v) is 7.06. The fraction of sp³-hybridized carbons (Fsp3) is 0.538. The van der Waals surface area contributed by atoms with Gasteiger partial charge in [0.25, 0.3) is 0 Å². The van der Waals surface area contributed by atoms with E-state index in [-0.39, 0.29) is 11.4 Å². The summed E-state index contributed by atoms with van der Waals surface area (Å²) in [5.41, 5.74) is 2.08. The highest BCUT2D eigenvalue weighted by Crippen LogP contribution is 2.28. The first-order chi connectivity index (χ1) is 8.49. The van der Waals surface area contributed by atoms with Gasteiger partial charge in [0, 0.05) is 17.6 Å². The Hall–Kier alpha value is -1.07. The summed E-state index contributed by atoms with van der Waals surface area (Å²) in [6, 6.07) is 2.08. The lowest BCUT2D eigenvalue weighted by Crippen LogP contribution is -2.15. The lowest BCUT2D eigenvalue weighted by molar-refractivity contribution is 0.196. The van der Waals surface area contributed by atoms with Crippen molar-refractivity contribution in [1.82, 2.24) is 14.6 Å². The van der Waals surface area contributed by atoms with Crippen molar-refractivity contribution in [1.29, 1.82) is 0 Å². The molecular weight excluding hydrogens is 246 g/mol. The average Bonchev–Trinajstić information content (AvgIpc) is 2.73. The number of thioether (sulfide) groups is 1. The highest BCUT2D eigenvalue weighted by Gasteiger charge is 2.15. The molecule has 0 radical (unpaired) electrons. The van der Waals surface area contributed by atoms with Gasteiger partial charge in [0.15, 0.2) is 0 Å². The van der Waals surface area contributed by atoms with E-state index >= 15 is 0 Å². The van der Waals surface area contributed by atoms with Crippen LogP contribution in [0.3, 0.4) is 0 Å². The fourth-order valence-corrected chi connectivity index (χ4v) is 2.51. The zero-order valence-corrected chi connectivity index (χ0v) is 12.0. The van der Waals surface area contributed by atoms with E-state index in [1.807, 2.05) is 17.6 Å². The minimum Gasteiger partial charge on any atom is -0.392 e. The van der Waals surface area contributed by atoms with Crippen LogP contribution in [-0.4, -0.2) is 31.1 Å². The first kappa shape index (κ1) is 13.4. The zero-order chi connectivity index (χ0) is 13.3. The average molecular weight is 265 g/mol. The number of aromatic nitrogens is 3. The molecule has 0 bridgehead atoms. The summed E-state index contributed by atoms with van der Waals surface area (Å²) in [5.74, 6) is 0.400. The van der Waals surface area contributed by atoms with Crippen LogP contribution in [-0.2, 0) is 0 Å². The zero-order valence-electron chi connectivity index (χ0n) is 11.2. The predicted octanol–water partition coefficient (Wildman–Crippen LogP) is 2.71. The monoisotopic (exact) mass is 265 g/mol. The van der Waals surface area contributed by atoms with Crippen molar-refractivity contribution < 1.29 is 5.11 Å². The number of rotatable bonds is 4. The van der Waals surface area contributed by atoms with Gasteiger partial charge in [-0.05, 0) is 18.9 Å². The van der Waals surface area contributed by atoms with E-state index < -0.39 is 0 Å². The molecule has 1 N–H and O–H groups in total. The second kappa shape index (κ2) is 5.28. The van der Waals surface area contributed by atoms with Gasteiger partial charge < -0.3 is 5.11 Å². The van der Waals surface area contributed by atoms with Crippen molar-refractivity contribution in [2.24, 2.45) is 0 Å². The van der Waals surface area contributed by atoms with Gasteiger partial charge in [0.05, 0.1) is 17.3 Å². The molecule has 0 saturated heterocycles. The minimum atomic E-state index is -0.357. The maximum atomic E-state index is 9.58. The van der Waals surface area contributed by atoms with Crippen LogP contribution in [0.25, 0.3) is 5.52 Å². The molecule has 5 heteroatoms. The Morgan fingerprint density at radius 3 is 2.61 bits per heavy atom. The molecule has 0 amide bonds. The third kappa shape index (κ3) is 2.67. The predicted molar refractivity (Wildman–Crippen MR) is 74.1 cm³/mol. The lowest BCUT2D eigenvalue weighted by atomic mass is 10.1. The Bertz CT molecular complexity index is 536. The van der Waals surface area contributed by atoms with Gasteiger partial charge in [0.1, 0.15) is 5.03 Å². The quantitative estimate of drug-likeness (QED) is 0.864. The topological polar surface area (TPSA) is 50.4 Å². The number of nitrogens with zero attached hydrogens (tertiary/aromatic N) is 3.